The summed E-state index contributed by atoms with van der Waals surface area (Å²) in [5, 5.41) is 2.51. The fourth-order valence-electron chi connectivity index (χ4n) is 2.13. The van der Waals surface area contributed by atoms with Gasteiger partial charge in [-0.05, 0) is 24.3 Å². The second-order valence-corrected chi connectivity index (χ2v) is 6.79. The van der Waals surface area contributed by atoms with Gasteiger partial charge in [0.1, 0.15) is 0 Å². The molecular weight excluding hydrogens is 520 g/mol. The maximum Gasteiger partial charge on any atom is 0.485 e. The summed E-state index contributed by atoms with van der Waals surface area (Å²) in [5.74, 6) is 0. The van der Waals surface area contributed by atoms with Crippen molar-refractivity contribution in [2.24, 2.45) is 0 Å². The van der Waals surface area contributed by atoms with Crippen LogP contribution >= 0.6 is 0 Å². The second kappa shape index (κ2) is 11.0. The maximum absolute atomic E-state index is 10.7. The number of hydrogen-bond donors (Lipinski definition) is 0. The molecule has 0 spiro atoms. The Morgan fingerprint density at radius 1 is 0.690 bits per heavy atom. The summed E-state index contributed by atoms with van der Waals surface area (Å²) in [4.78, 5) is 6.30. The number of halogens is 4. The second-order valence-electron chi connectivity index (χ2n) is 5.41. The highest BCUT2D eigenvalue weighted by Gasteiger charge is 2.36. The molecule has 0 bridgehead atoms. The lowest BCUT2D eigenvalue weighted by Crippen LogP contribution is -3.00. The zero-order valence-corrected chi connectivity index (χ0v) is 17.7. The predicted molar refractivity (Wildman–Crippen MR) is 96.8 cm³/mol. The summed E-state index contributed by atoms with van der Waals surface area (Å²) in [7, 11) is -6.09. The van der Waals surface area contributed by atoms with Crippen molar-refractivity contribution < 1.29 is 60.1 Å². The fraction of sp³-hybridized carbons (Fsp3) is 0.0526. The zero-order valence-electron chi connectivity index (χ0n) is 14.7. The van der Waals surface area contributed by atoms with Crippen LogP contribution in [0.5, 0.6) is 0 Å². The van der Waals surface area contributed by atoms with E-state index in [9.17, 15) is 13.2 Å². The monoisotopic (exact) mass is 536 g/mol. The van der Waals surface area contributed by atoms with Gasteiger partial charge in [0.15, 0.2) is 22.5 Å². The van der Waals surface area contributed by atoms with Gasteiger partial charge < -0.3 is 28.5 Å². The number of para-hydroxylation sites is 2. The number of H-pyrrole nitrogens is 2. The van der Waals surface area contributed by atoms with Crippen LogP contribution in [0, 0.1) is 0 Å². The van der Waals surface area contributed by atoms with Crippen LogP contribution in [0.4, 0.5) is 13.2 Å². The van der Waals surface area contributed by atoms with E-state index in [1.54, 1.807) is 0 Å². The van der Waals surface area contributed by atoms with Gasteiger partial charge in [0.2, 0.25) is 11.0 Å². The maximum atomic E-state index is 10.7. The summed E-state index contributed by atoms with van der Waals surface area (Å²) < 4.78 is 58.9. The highest BCUT2D eigenvalue weighted by Crippen LogP contribution is 2.20. The first-order valence-electron chi connectivity index (χ1n) is 7.91. The van der Waals surface area contributed by atoms with Crippen LogP contribution in [0.3, 0.4) is 0 Å². The van der Waals surface area contributed by atoms with E-state index in [-0.39, 0.29) is 24.0 Å². The van der Waals surface area contributed by atoms with Gasteiger partial charge in [-0.1, -0.05) is 24.3 Å². The third kappa shape index (κ3) is 7.91. The molecule has 4 rings (SSSR count). The molecule has 0 saturated carbocycles. The molecule has 2 aromatic carbocycles. The third-order valence-corrected chi connectivity index (χ3v) is 3.99. The third-order valence-electron chi connectivity index (χ3n) is 3.43. The Hall–Kier alpha value is -2.31. The molecule has 0 radical (unpaired) electrons. The molecular formula is C19H16F3IN2O3S. The van der Waals surface area contributed by atoms with Crippen LogP contribution in [-0.2, 0) is 10.1 Å². The Bertz CT molecular complexity index is 954. The van der Waals surface area contributed by atoms with Crippen molar-refractivity contribution in [3.05, 3.63) is 85.2 Å². The average molecular weight is 536 g/mol. The summed E-state index contributed by atoms with van der Waals surface area (Å²) in [5.41, 5.74) is -3.28. The highest BCUT2D eigenvalue weighted by molar-refractivity contribution is 7.86. The lowest BCUT2D eigenvalue weighted by molar-refractivity contribution is -0.345. The fourth-order valence-corrected chi connectivity index (χ4v) is 2.13. The summed E-state index contributed by atoms with van der Waals surface area (Å²) in [6.07, 6.45) is 3.87. The highest BCUT2D eigenvalue weighted by atomic mass is 127. The van der Waals surface area contributed by atoms with E-state index in [2.05, 4.69) is 46.4 Å². The molecule has 0 amide bonds. The molecule has 4 aromatic rings. The van der Waals surface area contributed by atoms with Crippen molar-refractivity contribution in [3.63, 3.8) is 0 Å². The first-order valence-corrected chi connectivity index (χ1v) is 9.32. The first kappa shape index (κ1) is 24.7. The van der Waals surface area contributed by atoms with Gasteiger partial charge in [-0.2, -0.15) is 13.2 Å². The zero-order chi connectivity index (χ0) is 20.6. The average Bonchev–Trinajstić information content (AvgIpc) is 2.68. The molecule has 0 saturated heterocycles. The Labute approximate surface area is 182 Å². The van der Waals surface area contributed by atoms with E-state index < -0.39 is 15.6 Å². The topological polar surface area (TPSA) is 85.5 Å². The quantitative estimate of drug-likeness (QED) is 0.185. The molecule has 2 heterocycles. The standard InChI is InChI=1S/2C9H7N.CHF3O3S.HI/c2*1-2-6-9-8(4-1)5-3-7-10-9;2-1(3,4)8(5,6)7;/h2*1-7H;(H,5,6,7);1H. The van der Waals surface area contributed by atoms with Crippen molar-refractivity contribution in [1.82, 2.24) is 0 Å². The van der Waals surface area contributed by atoms with Gasteiger partial charge in [0.25, 0.3) is 0 Å². The number of hydrogen-bond acceptors (Lipinski definition) is 3. The van der Waals surface area contributed by atoms with E-state index in [4.69, 9.17) is 13.0 Å². The van der Waals surface area contributed by atoms with Gasteiger partial charge in [-0.15, -0.1) is 0 Å². The van der Waals surface area contributed by atoms with Crippen molar-refractivity contribution in [2.75, 3.05) is 0 Å². The number of benzene rings is 2. The van der Waals surface area contributed by atoms with E-state index in [1.165, 1.54) is 21.8 Å². The lowest BCUT2D eigenvalue weighted by Gasteiger charge is -2.08. The summed E-state index contributed by atoms with van der Waals surface area (Å²) >= 11 is 0. The largest absolute Gasteiger partial charge is 1.00 e. The number of fused-ring (bicyclic) bond motifs is 2. The Balaban J connectivity index is 0.000000216. The predicted octanol–water partition coefficient (Wildman–Crippen LogP) is 0.363. The minimum absolute atomic E-state index is 0. The van der Waals surface area contributed by atoms with Gasteiger partial charge in [0, 0.05) is 35.0 Å². The smallest absolute Gasteiger partial charge is 0.485 e. The Kier molecular flexibility index (Phi) is 9.40. The Morgan fingerprint density at radius 2 is 1.00 bits per heavy atom. The number of pyridine rings is 2. The number of alkyl halides is 3. The summed E-state index contributed by atoms with van der Waals surface area (Å²) in [6.45, 7) is 0. The summed E-state index contributed by atoms with van der Waals surface area (Å²) in [6, 6.07) is 24.6. The van der Waals surface area contributed by atoms with Crippen LogP contribution in [-0.4, -0.2) is 18.5 Å². The van der Waals surface area contributed by atoms with Crippen LogP contribution in [0.2, 0.25) is 0 Å². The number of aromatic nitrogens is 2. The molecule has 2 N–H and O–H groups in total. The first-order chi connectivity index (χ1) is 13.2. The molecule has 29 heavy (non-hydrogen) atoms. The van der Waals surface area contributed by atoms with Gasteiger partial charge in [0.05, 0.1) is 0 Å². The molecule has 10 heteroatoms. The van der Waals surface area contributed by atoms with Gasteiger partial charge in [-0.25, -0.2) is 18.4 Å². The molecule has 5 nitrogen and oxygen atoms in total. The number of rotatable bonds is 0. The van der Waals surface area contributed by atoms with Crippen molar-refractivity contribution in [2.45, 2.75) is 5.51 Å². The number of nitrogens with one attached hydrogen (secondary N) is 2. The van der Waals surface area contributed by atoms with E-state index in [0.29, 0.717) is 0 Å². The molecule has 0 aliphatic carbocycles. The normalized spacial score (nSPS) is 10.8. The minimum atomic E-state index is -6.09. The molecule has 154 valence electrons. The van der Waals surface area contributed by atoms with Crippen molar-refractivity contribution >= 4 is 31.9 Å². The lowest BCUT2D eigenvalue weighted by atomic mass is 10.2. The Morgan fingerprint density at radius 3 is 1.31 bits per heavy atom. The molecule has 2 aromatic heterocycles. The van der Waals surface area contributed by atoms with Crippen LogP contribution in [0.15, 0.2) is 85.2 Å². The molecule has 0 unspecified atom stereocenters. The van der Waals surface area contributed by atoms with Gasteiger partial charge >= 0.3 is 5.51 Å². The van der Waals surface area contributed by atoms with E-state index in [0.717, 1.165) is 0 Å². The van der Waals surface area contributed by atoms with Crippen LogP contribution in [0.25, 0.3) is 21.8 Å². The molecule has 0 fully saturated rings. The van der Waals surface area contributed by atoms with Crippen molar-refractivity contribution in [3.8, 4) is 0 Å². The van der Waals surface area contributed by atoms with Crippen LogP contribution in [0.1, 0.15) is 0 Å². The van der Waals surface area contributed by atoms with E-state index in [1.807, 2.05) is 48.8 Å². The number of aromatic amines is 2. The molecule has 0 aliphatic rings. The van der Waals surface area contributed by atoms with Crippen molar-refractivity contribution in [1.29, 1.82) is 0 Å². The molecule has 0 atom stereocenters. The van der Waals surface area contributed by atoms with E-state index >= 15 is 0 Å². The van der Waals surface area contributed by atoms with Crippen LogP contribution < -0.4 is 33.9 Å². The van der Waals surface area contributed by atoms with Gasteiger partial charge in [-0.3, -0.25) is 0 Å². The molecule has 0 aliphatic heterocycles. The minimum Gasteiger partial charge on any atom is -1.00 e. The SMILES string of the molecule is O=S(=O)([O-])C(F)(F)F.[I-].c1ccc2[nH+]cccc2c1.c1ccc2[nH+]cccc2c1.